The molecule has 1 saturated heterocycles. The summed E-state index contributed by atoms with van der Waals surface area (Å²) in [6, 6.07) is 7.21. The van der Waals surface area contributed by atoms with Gasteiger partial charge in [-0.25, -0.2) is 0 Å². The summed E-state index contributed by atoms with van der Waals surface area (Å²) < 4.78 is 5.90. The number of carbonyl (C=O) groups is 1. The average molecular weight is 302 g/mol. The molecule has 0 spiro atoms. The fourth-order valence-electron chi connectivity index (χ4n) is 3.48. The van der Waals surface area contributed by atoms with E-state index in [-0.39, 0.29) is 5.91 Å². The monoisotopic (exact) mass is 302 g/mol. The molecule has 2 atom stereocenters. The van der Waals surface area contributed by atoms with Crippen LogP contribution in [0.1, 0.15) is 49.8 Å². The van der Waals surface area contributed by atoms with Crippen LogP contribution in [0, 0.1) is 6.92 Å². The van der Waals surface area contributed by atoms with E-state index in [2.05, 4.69) is 30.4 Å². The molecule has 0 aromatic heterocycles. The zero-order valence-corrected chi connectivity index (χ0v) is 13.6. The molecule has 0 unspecified atom stereocenters. The number of nitrogens with zero attached hydrogens (tertiary/aromatic N) is 1. The number of amides is 1. The molecular weight excluding hydrogens is 276 g/mol. The van der Waals surface area contributed by atoms with Gasteiger partial charge in [-0.1, -0.05) is 19.1 Å². The van der Waals surface area contributed by atoms with Gasteiger partial charge in [-0.05, 0) is 37.8 Å². The second-order valence-corrected chi connectivity index (χ2v) is 6.43. The van der Waals surface area contributed by atoms with Crippen LogP contribution in [0.15, 0.2) is 18.2 Å². The molecule has 22 heavy (non-hydrogen) atoms. The molecule has 4 nitrogen and oxygen atoms in total. The van der Waals surface area contributed by atoms with Gasteiger partial charge in [0, 0.05) is 37.2 Å². The van der Waals surface area contributed by atoms with Gasteiger partial charge in [-0.15, -0.1) is 0 Å². The SMILES string of the molecule is CCC(=O)N1CC[C@H](N[C@@H]2CCCOc3cc(C)ccc32)C1. The van der Waals surface area contributed by atoms with Crippen LogP contribution in [0.5, 0.6) is 5.75 Å². The fraction of sp³-hybridized carbons (Fsp3) is 0.611. The maximum absolute atomic E-state index is 11.8. The molecule has 2 aliphatic heterocycles. The van der Waals surface area contributed by atoms with E-state index in [1.807, 2.05) is 11.8 Å². The topological polar surface area (TPSA) is 41.6 Å². The number of rotatable bonds is 3. The zero-order chi connectivity index (χ0) is 15.5. The van der Waals surface area contributed by atoms with Gasteiger partial charge in [-0.3, -0.25) is 4.79 Å². The summed E-state index contributed by atoms with van der Waals surface area (Å²) in [6.07, 6.45) is 3.81. The van der Waals surface area contributed by atoms with Gasteiger partial charge in [0.15, 0.2) is 0 Å². The second-order valence-electron chi connectivity index (χ2n) is 6.43. The number of ether oxygens (including phenoxy) is 1. The van der Waals surface area contributed by atoms with Crippen molar-refractivity contribution in [1.82, 2.24) is 10.2 Å². The van der Waals surface area contributed by atoms with Crippen LogP contribution in [0.3, 0.4) is 0 Å². The number of carbonyl (C=O) groups excluding carboxylic acids is 1. The normalized spacial score (nSPS) is 24.5. The van der Waals surface area contributed by atoms with Gasteiger partial charge in [0.05, 0.1) is 6.61 Å². The summed E-state index contributed by atoms with van der Waals surface area (Å²) >= 11 is 0. The molecule has 0 saturated carbocycles. The lowest BCUT2D eigenvalue weighted by molar-refractivity contribution is -0.129. The van der Waals surface area contributed by atoms with E-state index in [0.29, 0.717) is 18.5 Å². The van der Waals surface area contributed by atoms with Gasteiger partial charge >= 0.3 is 0 Å². The molecule has 0 aliphatic carbocycles. The molecule has 1 amide bonds. The molecule has 1 N–H and O–H groups in total. The van der Waals surface area contributed by atoms with Gasteiger partial charge in [-0.2, -0.15) is 0 Å². The smallest absolute Gasteiger partial charge is 0.222 e. The number of fused-ring (bicyclic) bond motifs is 1. The summed E-state index contributed by atoms with van der Waals surface area (Å²) in [5, 5.41) is 3.77. The Morgan fingerprint density at radius 2 is 2.27 bits per heavy atom. The van der Waals surface area contributed by atoms with E-state index in [9.17, 15) is 4.79 Å². The van der Waals surface area contributed by atoms with Crippen LogP contribution in [0.4, 0.5) is 0 Å². The number of nitrogens with one attached hydrogen (secondary N) is 1. The van der Waals surface area contributed by atoms with E-state index in [4.69, 9.17) is 4.74 Å². The van der Waals surface area contributed by atoms with Crippen LogP contribution in [0.25, 0.3) is 0 Å². The molecule has 0 radical (unpaired) electrons. The highest BCUT2D eigenvalue weighted by atomic mass is 16.5. The van der Waals surface area contributed by atoms with Crippen molar-refractivity contribution in [1.29, 1.82) is 0 Å². The van der Waals surface area contributed by atoms with Crippen molar-refractivity contribution >= 4 is 5.91 Å². The van der Waals surface area contributed by atoms with Crippen LogP contribution < -0.4 is 10.1 Å². The first kappa shape index (κ1) is 15.3. The average Bonchev–Trinajstić information content (AvgIpc) is 2.89. The van der Waals surface area contributed by atoms with E-state index in [1.165, 1.54) is 11.1 Å². The Balaban J connectivity index is 1.69. The van der Waals surface area contributed by atoms with Crippen molar-refractivity contribution in [3.8, 4) is 5.75 Å². The maximum atomic E-state index is 11.8. The molecule has 120 valence electrons. The van der Waals surface area contributed by atoms with Crippen LogP contribution >= 0.6 is 0 Å². The molecule has 1 aromatic rings. The van der Waals surface area contributed by atoms with Crippen molar-refractivity contribution in [2.24, 2.45) is 0 Å². The minimum absolute atomic E-state index is 0.268. The van der Waals surface area contributed by atoms with E-state index < -0.39 is 0 Å². The number of benzene rings is 1. The third-order valence-electron chi connectivity index (χ3n) is 4.72. The number of likely N-dealkylation sites (tertiary alicyclic amines) is 1. The number of aryl methyl sites for hydroxylation is 1. The highest BCUT2D eigenvalue weighted by Crippen LogP contribution is 2.33. The lowest BCUT2D eigenvalue weighted by Crippen LogP contribution is -2.37. The predicted octanol–water partition coefficient (Wildman–Crippen LogP) is 2.81. The Kier molecular flexibility index (Phi) is 4.67. The summed E-state index contributed by atoms with van der Waals surface area (Å²) in [7, 11) is 0. The first-order chi connectivity index (χ1) is 10.7. The molecule has 4 heteroatoms. The largest absolute Gasteiger partial charge is 0.493 e. The van der Waals surface area contributed by atoms with E-state index in [0.717, 1.165) is 44.7 Å². The van der Waals surface area contributed by atoms with Crippen molar-refractivity contribution in [2.45, 2.75) is 51.6 Å². The van der Waals surface area contributed by atoms with E-state index in [1.54, 1.807) is 0 Å². The lowest BCUT2D eigenvalue weighted by Gasteiger charge is -2.23. The summed E-state index contributed by atoms with van der Waals surface area (Å²) in [4.78, 5) is 13.8. The molecular formula is C18H26N2O2. The van der Waals surface area contributed by atoms with Crippen molar-refractivity contribution in [2.75, 3.05) is 19.7 Å². The Labute approximate surface area is 132 Å². The van der Waals surface area contributed by atoms with Gasteiger partial charge in [0.1, 0.15) is 5.75 Å². The Morgan fingerprint density at radius 3 is 3.09 bits per heavy atom. The number of hydrogen-bond donors (Lipinski definition) is 1. The highest BCUT2D eigenvalue weighted by molar-refractivity contribution is 5.76. The molecule has 3 rings (SSSR count). The quantitative estimate of drug-likeness (QED) is 0.933. The number of hydrogen-bond acceptors (Lipinski definition) is 3. The predicted molar refractivity (Wildman–Crippen MR) is 87.1 cm³/mol. The first-order valence-electron chi connectivity index (χ1n) is 8.44. The van der Waals surface area contributed by atoms with Crippen LogP contribution in [0.2, 0.25) is 0 Å². The molecule has 1 aromatic carbocycles. The van der Waals surface area contributed by atoms with Gasteiger partial charge in [0.2, 0.25) is 5.91 Å². The minimum Gasteiger partial charge on any atom is -0.493 e. The van der Waals surface area contributed by atoms with Gasteiger partial charge < -0.3 is 15.0 Å². The highest BCUT2D eigenvalue weighted by Gasteiger charge is 2.29. The molecule has 2 aliphatic rings. The zero-order valence-electron chi connectivity index (χ0n) is 13.6. The Bertz CT molecular complexity index is 544. The van der Waals surface area contributed by atoms with Crippen molar-refractivity contribution in [3.05, 3.63) is 29.3 Å². The molecule has 1 fully saturated rings. The molecule has 2 heterocycles. The summed E-state index contributed by atoms with van der Waals surface area (Å²) in [5.41, 5.74) is 2.50. The van der Waals surface area contributed by atoms with Crippen molar-refractivity contribution in [3.63, 3.8) is 0 Å². The molecule has 0 bridgehead atoms. The second kappa shape index (κ2) is 6.69. The lowest BCUT2D eigenvalue weighted by atomic mass is 9.99. The fourth-order valence-corrected chi connectivity index (χ4v) is 3.48. The Hall–Kier alpha value is -1.55. The Morgan fingerprint density at radius 1 is 1.41 bits per heavy atom. The van der Waals surface area contributed by atoms with Crippen LogP contribution in [-0.4, -0.2) is 36.5 Å². The van der Waals surface area contributed by atoms with Crippen molar-refractivity contribution < 1.29 is 9.53 Å². The first-order valence-corrected chi connectivity index (χ1v) is 8.44. The van der Waals surface area contributed by atoms with E-state index >= 15 is 0 Å². The van der Waals surface area contributed by atoms with Gasteiger partial charge in [0.25, 0.3) is 0 Å². The third-order valence-corrected chi connectivity index (χ3v) is 4.72. The maximum Gasteiger partial charge on any atom is 0.222 e. The summed E-state index contributed by atoms with van der Waals surface area (Å²) in [6.45, 7) is 6.55. The third kappa shape index (κ3) is 3.27. The minimum atomic E-state index is 0.268. The summed E-state index contributed by atoms with van der Waals surface area (Å²) in [5.74, 6) is 1.29. The standard InChI is InChI=1S/C18H26N2O2/c1-3-18(21)20-9-8-14(12-20)19-16-5-4-10-22-17-11-13(2)6-7-15(16)17/h6-7,11,14,16,19H,3-5,8-10,12H2,1-2H3/t14-,16+/m0/s1. The van der Waals surface area contributed by atoms with Crippen LogP contribution in [-0.2, 0) is 4.79 Å².